The smallest absolute Gasteiger partial charge is 0.271 e. The van der Waals surface area contributed by atoms with Crippen LogP contribution in [-0.4, -0.2) is 32.0 Å². The lowest BCUT2D eigenvalue weighted by atomic mass is 10.3. The molecular formula is C19H21ClFN5O2. The number of nitrogens with one attached hydrogen (secondary N) is 1. The number of aromatic nitrogens is 4. The van der Waals surface area contributed by atoms with Crippen LogP contribution < -0.4 is 10.1 Å². The number of hydrogen-bond acceptors (Lipinski definition) is 4. The molecule has 0 atom stereocenters. The van der Waals surface area contributed by atoms with Crippen molar-refractivity contribution in [2.24, 2.45) is 0 Å². The van der Waals surface area contributed by atoms with E-state index in [1.165, 1.54) is 28.9 Å². The first kappa shape index (κ1) is 19.9. The number of aryl methyl sites for hydroxylation is 2. The van der Waals surface area contributed by atoms with E-state index in [1.54, 1.807) is 12.3 Å². The first-order valence-electron chi connectivity index (χ1n) is 8.83. The molecule has 2 heterocycles. The van der Waals surface area contributed by atoms with Gasteiger partial charge in [0.2, 0.25) is 0 Å². The Bertz CT molecular complexity index is 952. The van der Waals surface area contributed by atoms with Gasteiger partial charge in [0.15, 0.2) is 6.73 Å². The highest BCUT2D eigenvalue weighted by atomic mass is 35.5. The van der Waals surface area contributed by atoms with Crippen molar-refractivity contribution >= 4 is 17.5 Å². The molecule has 1 N–H and O–H groups in total. The molecule has 3 aromatic rings. The largest absolute Gasteiger partial charge is 0.471 e. The van der Waals surface area contributed by atoms with E-state index in [0.29, 0.717) is 29.6 Å². The number of benzene rings is 1. The fraction of sp³-hybridized carbons (Fsp3) is 0.316. The van der Waals surface area contributed by atoms with Gasteiger partial charge in [-0.25, -0.2) is 9.07 Å². The van der Waals surface area contributed by atoms with Crippen molar-refractivity contribution in [2.75, 3.05) is 6.54 Å². The van der Waals surface area contributed by atoms with Gasteiger partial charge in [-0.1, -0.05) is 11.6 Å². The Morgan fingerprint density at radius 1 is 1.21 bits per heavy atom. The molecule has 0 bridgehead atoms. The summed E-state index contributed by atoms with van der Waals surface area (Å²) in [6, 6.07) is 7.31. The third-order valence-corrected chi connectivity index (χ3v) is 4.72. The van der Waals surface area contributed by atoms with Crippen LogP contribution in [0, 0.1) is 19.7 Å². The first-order valence-corrected chi connectivity index (χ1v) is 9.21. The Balaban J connectivity index is 1.43. The summed E-state index contributed by atoms with van der Waals surface area (Å²) in [7, 11) is 0. The minimum atomic E-state index is -0.327. The van der Waals surface area contributed by atoms with Crippen LogP contribution in [0.5, 0.6) is 5.75 Å². The van der Waals surface area contributed by atoms with E-state index >= 15 is 0 Å². The van der Waals surface area contributed by atoms with Crippen molar-refractivity contribution in [3.8, 4) is 5.75 Å². The molecule has 0 aliphatic heterocycles. The number of nitrogens with zero attached hydrogens (tertiary/aromatic N) is 4. The maximum atomic E-state index is 12.9. The molecule has 0 radical (unpaired) electrons. The molecule has 0 saturated carbocycles. The van der Waals surface area contributed by atoms with Crippen LogP contribution in [0.3, 0.4) is 0 Å². The quantitative estimate of drug-likeness (QED) is 0.583. The van der Waals surface area contributed by atoms with Gasteiger partial charge in [-0.15, -0.1) is 0 Å². The average Bonchev–Trinajstić information content (AvgIpc) is 3.26. The lowest BCUT2D eigenvalue weighted by molar-refractivity contribution is 0.0945. The molecule has 0 aliphatic rings. The second kappa shape index (κ2) is 8.88. The van der Waals surface area contributed by atoms with Crippen LogP contribution in [0.25, 0.3) is 0 Å². The number of carbonyl (C=O) groups is 1. The topological polar surface area (TPSA) is 74.0 Å². The molecule has 0 spiro atoms. The van der Waals surface area contributed by atoms with Crippen LogP contribution in [0.2, 0.25) is 5.02 Å². The Morgan fingerprint density at radius 2 is 1.96 bits per heavy atom. The molecule has 9 heteroatoms. The standard InChI is InChI=1S/C19H21ClFN5O2/c1-13-18(20)14(2)26(23-13)10-3-9-22-19(27)17-8-11-25(24-17)12-28-16-6-4-15(21)5-7-16/h4-8,11H,3,9-10,12H2,1-2H3,(H,22,27). The molecule has 1 amide bonds. The SMILES string of the molecule is Cc1nn(CCCNC(=O)c2ccn(COc3ccc(F)cc3)n2)c(C)c1Cl. The number of amides is 1. The van der Waals surface area contributed by atoms with Crippen LogP contribution >= 0.6 is 11.6 Å². The summed E-state index contributed by atoms with van der Waals surface area (Å²) in [6.45, 7) is 5.07. The molecule has 1 aromatic carbocycles. The number of carbonyl (C=O) groups excluding carboxylic acids is 1. The Morgan fingerprint density at radius 3 is 2.64 bits per heavy atom. The summed E-state index contributed by atoms with van der Waals surface area (Å²) in [6.07, 6.45) is 2.37. The van der Waals surface area contributed by atoms with Crippen molar-refractivity contribution in [1.29, 1.82) is 0 Å². The van der Waals surface area contributed by atoms with E-state index < -0.39 is 0 Å². The van der Waals surface area contributed by atoms with Crippen molar-refractivity contribution in [1.82, 2.24) is 24.9 Å². The highest BCUT2D eigenvalue weighted by molar-refractivity contribution is 6.31. The van der Waals surface area contributed by atoms with E-state index in [1.807, 2.05) is 18.5 Å². The van der Waals surface area contributed by atoms with E-state index in [9.17, 15) is 9.18 Å². The van der Waals surface area contributed by atoms with Crippen molar-refractivity contribution < 1.29 is 13.9 Å². The van der Waals surface area contributed by atoms with Gasteiger partial charge in [0.25, 0.3) is 5.91 Å². The number of rotatable bonds is 8. The van der Waals surface area contributed by atoms with E-state index in [4.69, 9.17) is 16.3 Å². The Hall–Kier alpha value is -2.87. The van der Waals surface area contributed by atoms with Crippen LogP contribution in [0.4, 0.5) is 4.39 Å². The summed E-state index contributed by atoms with van der Waals surface area (Å²) >= 11 is 6.13. The lowest BCUT2D eigenvalue weighted by Gasteiger charge is -2.06. The van der Waals surface area contributed by atoms with Crippen LogP contribution in [-0.2, 0) is 13.3 Å². The zero-order valence-electron chi connectivity index (χ0n) is 15.7. The van der Waals surface area contributed by atoms with Crippen molar-refractivity contribution in [3.63, 3.8) is 0 Å². The predicted octanol–water partition coefficient (Wildman–Crippen LogP) is 3.35. The monoisotopic (exact) mass is 405 g/mol. The third kappa shape index (κ3) is 4.89. The van der Waals surface area contributed by atoms with Gasteiger partial charge in [0, 0.05) is 19.3 Å². The maximum Gasteiger partial charge on any atom is 0.271 e. The molecule has 0 aliphatic carbocycles. The molecule has 0 saturated heterocycles. The minimum absolute atomic E-state index is 0.123. The fourth-order valence-corrected chi connectivity index (χ4v) is 2.78. The Kier molecular flexibility index (Phi) is 6.30. The Labute approximate surface area is 167 Å². The minimum Gasteiger partial charge on any atom is -0.471 e. The van der Waals surface area contributed by atoms with Gasteiger partial charge in [-0.05, 0) is 50.6 Å². The van der Waals surface area contributed by atoms with E-state index in [-0.39, 0.29) is 18.5 Å². The average molecular weight is 406 g/mol. The predicted molar refractivity (Wildman–Crippen MR) is 103 cm³/mol. The number of hydrogen-bond donors (Lipinski definition) is 1. The summed E-state index contributed by atoms with van der Waals surface area (Å²) in [5.41, 5.74) is 2.03. The maximum absolute atomic E-state index is 12.9. The highest BCUT2D eigenvalue weighted by Crippen LogP contribution is 2.18. The van der Waals surface area contributed by atoms with Crippen molar-refractivity contribution in [3.05, 3.63) is 64.5 Å². The third-order valence-electron chi connectivity index (χ3n) is 4.18. The van der Waals surface area contributed by atoms with Crippen molar-refractivity contribution in [2.45, 2.75) is 33.5 Å². The van der Waals surface area contributed by atoms with Gasteiger partial charge in [-0.2, -0.15) is 10.2 Å². The molecule has 28 heavy (non-hydrogen) atoms. The normalized spacial score (nSPS) is 10.9. The molecule has 3 rings (SSSR count). The summed E-state index contributed by atoms with van der Waals surface area (Å²) in [5.74, 6) is -0.0644. The number of halogens is 2. The van der Waals surface area contributed by atoms with Crippen LogP contribution in [0.15, 0.2) is 36.5 Å². The van der Waals surface area contributed by atoms with E-state index in [2.05, 4.69) is 15.5 Å². The molecular weight excluding hydrogens is 385 g/mol. The van der Waals surface area contributed by atoms with Gasteiger partial charge in [0.1, 0.15) is 17.3 Å². The summed E-state index contributed by atoms with van der Waals surface area (Å²) in [5, 5.41) is 12.0. The highest BCUT2D eigenvalue weighted by Gasteiger charge is 2.11. The van der Waals surface area contributed by atoms with E-state index in [0.717, 1.165) is 17.8 Å². The van der Waals surface area contributed by atoms with Gasteiger partial charge >= 0.3 is 0 Å². The second-order valence-corrected chi connectivity index (χ2v) is 6.66. The molecule has 148 valence electrons. The molecule has 7 nitrogen and oxygen atoms in total. The van der Waals surface area contributed by atoms with Gasteiger partial charge in [-0.3, -0.25) is 9.48 Å². The summed E-state index contributed by atoms with van der Waals surface area (Å²) < 4.78 is 21.7. The molecule has 0 unspecified atom stereocenters. The second-order valence-electron chi connectivity index (χ2n) is 6.29. The van der Waals surface area contributed by atoms with Gasteiger partial charge < -0.3 is 10.1 Å². The first-order chi connectivity index (χ1) is 13.4. The summed E-state index contributed by atoms with van der Waals surface area (Å²) in [4.78, 5) is 12.2. The zero-order valence-corrected chi connectivity index (χ0v) is 16.4. The zero-order chi connectivity index (χ0) is 20.1. The molecule has 2 aromatic heterocycles. The molecule has 0 fully saturated rings. The number of ether oxygens (including phenoxy) is 1. The lowest BCUT2D eigenvalue weighted by Crippen LogP contribution is -2.26. The van der Waals surface area contributed by atoms with Crippen LogP contribution in [0.1, 0.15) is 28.3 Å². The van der Waals surface area contributed by atoms with Gasteiger partial charge in [0.05, 0.1) is 16.4 Å². The fourth-order valence-electron chi connectivity index (χ4n) is 2.64.